The number of benzene rings is 4. The molecular weight excluding hydrogens is 907 g/mol. The third kappa shape index (κ3) is 12.6. The second kappa shape index (κ2) is 22.6. The molecule has 16 nitrogen and oxygen atoms in total. The molecule has 5 aromatic rings. The van der Waals surface area contributed by atoms with E-state index >= 15 is 0 Å². The van der Waals surface area contributed by atoms with Crippen molar-refractivity contribution in [3.8, 4) is 39.7 Å². The molecule has 67 heavy (non-hydrogen) atoms. The lowest BCUT2D eigenvalue weighted by Crippen LogP contribution is -2.53. The Labute approximate surface area is 385 Å². The van der Waals surface area contributed by atoms with Gasteiger partial charge in [-0.2, -0.15) is 13.2 Å². The van der Waals surface area contributed by atoms with Crippen LogP contribution in [0.1, 0.15) is 56.4 Å². The molecule has 1 aromatic heterocycles. The number of primary amides is 1. The number of nitrogens with two attached hydrogens (primary N) is 1. The van der Waals surface area contributed by atoms with E-state index in [1.54, 1.807) is 37.3 Å². The number of halogens is 4. The lowest BCUT2D eigenvalue weighted by atomic mass is 9.97. The summed E-state index contributed by atoms with van der Waals surface area (Å²) in [6.45, 7) is 3.53. The van der Waals surface area contributed by atoms with Gasteiger partial charge in [-0.1, -0.05) is 17.7 Å². The predicted molar refractivity (Wildman–Crippen MR) is 237 cm³/mol. The minimum atomic E-state index is -4.78. The van der Waals surface area contributed by atoms with Crippen LogP contribution in [0.4, 0.5) is 13.2 Å². The summed E-state index contributed by atoms with van der Waals surface area (Å²) in [4.78, 5) is 75.4. The smallest absolute Gasteiger partial charge is 0.416 e. The Morgan fingerprint density at radius 1 is 0.851 bits per heavy atom. The highest BCUT2D eigenvalue weighted by atomic mass is 35.5. The van der Waals surface area contributed by atoms with Crippen molar-refractivity contribution in [1.82, 2.24) is 10.2 Å². The Morgan fingerprint density at radius 3 is 2.16 bits per heavy atom. The zero-order valence-corrected chi connectivity index (χ0v) is 37.0. The standard InChI is InChI=1S/C47H45ClF3N3O13/c1-3-64-40-25-42-34(23-33(40)27-19-28(44(52)58)21-29(20-27)47(49,50)51)38(56)24-41(67-42)32-8-7-30(22-36(32)48)65-17-15-62-13-11-61-12-14-63-16-18-66-39-6-4-5-31(35(39)26-55)46(60)54(2)37-9-10-43(57)53-45(37)59/h4-8,19-26,37H,3,9-18H2,1-2H3,(H2,52,58)(H,53,57,59). The van der Waals surface area contributed by atoms with Crippen molar-refractivity contribution in [3.63, 3.8) is 0 Å². The lowest BCUT2D eigenvalue weighted by molar-refractivity contribution is -0.138. The zero-order chi connectivity index (χ0) is 48.3. The molecule has 0 saturated carbocycles. The molecule has 1 unspecified atom stereocenters. The number of hydrogen-bond donors (Lipinski definition) is 2. The first kappa shape index (κ1) is 49.6. The first-order valence-corrected chi connectivity index (χ1v) is 21.2. The Bertz CT molecular complexity index is 2710. The van der Waals surface area contributed by atoms with E-state index in [0.717, 1.165) is 6.07 Å². The van der Waals surface area contributed by atoms with Gasteiger partial charge in [-0.25, -0.2) is 0 Å². The van der Waals surface area contributed by atoms with Crippen molar-refractivity contribution in [2.75, 3.05) is 66.5 Å². The average molecular weight is 952 g/mol. The number of nitrogens with one attached hydrogen (secondary N) is 1. The van der Waals surface area contributed by atoms with E-state index < -0.39 is 46.8 Å². The van der Waals surface area contributed by atoms with E-state index in [1.165, 1.54) is 42.3 Å². The number of amides is 4. The molecule has 1 saturated heterocycles. The quantitative estimate of drug-likeness (QED) is 0.0432. The Balaban J connectivity index is 0.920. The summed E-state index contributed by atoms with van der Waals surface area (Å²) < 4.78 is 81.1. The van der Waals surface area contributed by atoms with Crippen LogP contribution in [-0.2, 0) is 30.0 Å². The van der Waals surface area contributed by atoms with Crippen molar-refractivity contribution in [3.05, 3.63) is 110 Å². The summed E-state index contributed by atoms with van der Waals surface area (Å²) in [6.07, 6.45) is -3.99. The summed E-state index contributed by atoms with van der Waals surface area (Å²) >= 11 is 6.59. The molecule has 6 rings (SSSR count). The van der Waals surface area contributed by atoms with Crippen molar-refractivity contribution in [2.24, 2.45) is 5.73 Å². The molecule has 0 spiro atoms. The van der Waals surface area contributed by atoms with Crippen LogP contribution >= 0.6 is 11.6 Å². The maximum Gasteiger partial charge on any atom is 0.416 e. The van der Waals surface area contributed by atoms with Gasteiger partial charge >= 0.3 is 6.18 Å². The number of ether oxygens (including phenoxy) is 6. The summed E-state index contributed by atoms with van der Waals surface area (Å²) in [7, 11) is 1.44. The largest absolute Gasteiger partial charge is 0.493 e. The molecule has 2 heterocycles. The normalized spacial score (nSPS) is 13.9. The molecule has 1 atom stereocenters. The monoisotopic (exact) mass is 951 g/mol. The molecule has 0 aliphatic carbocycles. The second-order valence-corrected chi connectivity index (χ2v) is 15.2. The van der Waals surface area contributed by atoms with Crippen LogP contribution in [0, 0.1) is 0 Å². The third-order valence-electron chi connectivity index (χ3n) is 10.3. The fourth-order valence-corrected chi connectivity index (χ4v) is 7.29. The number of imide groups is 1. The number of aldehydes is 1. The molecule has 20 heteroatoms. The van der Waals surface area contributed by atoms with Crippen LogP contribution in [0.3, 0.4) is 0 Å². The molecule has 4 aromatic carbocycles. The van der Waals surface area contributed by atoms with Crippen LogP contribution in [-0.4, -0.2) is 107 Å². The van der Waals surface area contributed by atoms with Gasteiger partial charge in [-0.15, -0.1) is 0 Å². The van der Waals surface area contributed by atoms with Gasteiger partial charge in [-0.3, -0.25) is 34.1 Å². The molecule has 1 aliphatic rings. The van der Waals surface area contributed by atoms with Gasteiger partial charge in [0, 0.05) is 42.3 Å². The number of likely N-dealkylation sites (N-methyl/N-ethyl adjacent to an activating group) is 1. The van der Waals surface area contributed by atoms with Crippen molar-refractivity contribution < 1.29 is 70.0 Å². The van der Waals surface area contributed by atoms with Gasteiger partial charge in [0.1, 0.15) is 47.8 Å². The summed E-state index contributed by atoms with van der Waals surface area (Å²) in [5, 5.41) is 2.47. The molecule has 0 radical (unpaired) electrons. The molecular formula is C47H45ClF3N3O13. The number of fused-ring (bicyclic) bond motifs is 1. The zero-order valence-electron chi connectivity index (χ0n) is 36.2. The molecule has 1 fully saturated rings. The number of hydrogen-bond acceptors (Lipinski definition) is 13. The SMILES string of the molecule is CCOc1cc2oc(-c3ccc(OCCOCCOCCOCCOc4cccc(C(=O)N(C)C5CCC(=O)NC5=O)c4C=O)cc3Cl)cc(=O)c2cc1-c1cc(C(N)=O)cc(C(F)(F)F)c1. The Morgan fingerprint density at radius 2 is 1.54 bits per heavy atom. The van der Waals surface area contributed by atoms with Crippen LogP contribution in [0.5, 0.6) is 17.2 Å². The van der Waals surface area contributed by atoms with Gasteiger partial charge in [-0.05, 0) is 73.5 Å². The first-order chi connectivity index (χ1) is 32.1. The molecule has 0 bridgehead atoms. The fourth-order valence-electron chi connectivity index (χ4n) is 7.02. The summed E-state index contributed by atoms with van der Waals surface area (Å²) in [5.41, 5.74) is 3.98. The van der Waals surface area contributed by atoms with E-state index in [-0.39, 0.29) is 133 Å². The minimum Gasteiger partial charge on any atom is -0.493 e. The van der Waals surface area contributed by atoms with Crippen molar-refractivity contribution in [2.45, 2.75) is 32.0 Å². The Kier molecular flexibility index (Phi) is 16.7. The lowest BCUT2D eigenvalue weighted by Gasteiger charge is -2.30. The maximum absolute atomic E-state index is 13.7. The third-order valence-corrected chi connectivity index (χ3v) is 10.6. The van der Waals surface area contributed by atoms with Crippen LogP contribution in [0.15, 0.2) is 82.0 Å². The van der Waals surface area contributed by atoms with Gasteiger partial charge < -0.3 is 43.5 Å². The average Bonchev–Trinajstić information content (AvgIpc) is 3.29. The van der Waals surface area contributed by atoms with E-state index in [4.69, 9.17) is 50.2 Å². The highest BCUT2D eigenvalue weighted by Gasteiger charge is 2.34. The van der Waals surface area contributed by atoms with E-state index in [2.05, 4.69) is 5.32 Å². The number of piperidine rings is 1. The number of carbonyl (C=O) groups excluding carboxylic acids is 5. The molecule has 354 valence electrons. The van der Waals surface area contributed by atoms with Crippen LogP contribution < -0.4 is 30.7 Å². The van der Waals surface area contributed by atoms with Gasteiger partial charge in [0.15, 0.2) is 11.7 Å². The minimum absolute atomic E-state index is 0.0279. The topological polar surface area (TPSA) is 212 Å². The Hall–Kier alpha value is -6.80. The summed E-state index contributed by atoms with van der Waals surface area (Å²) in [6, 6.07) is 15.1. The second-order valence-electron chi connectivity index (χ2n) is 14.8. The van der Waals surface area contributed by atoms with Crippen LogP contribution in [0.25, 0.3) is 33.4 Å². The highest BCUT2D eigenvalue weighted by Crippen LogP contribution is 2.40. The van der Waals surface area contributed by atoms with Gasteiger partial charge in [0.25, 0.3) is 5.91 Å². The molecule has 4 amide bonds. The van der Waals surface area contributed by atoms with E-state index in [9.17, 15) is 41.9 Å². The number of carbonyl (C=O) groups is 5. The van der Waals surface area contributed by atoms with Gasteiger partial charge in [0.05, 0.1) is 73.3 Å². The van der Waals surface area contributed by atoms with Crippen molar-refractivity contribution >= 4 is 52.5 Å². The number of alkyl halides is 3. The maximum atomic E-state index is 13.7. The van der Waals surface area contributed by atoms with E-state index in [0.29, 0.717) is 23.7 Å². The van der Waals surface area contributed by atoms with Crippen molar-refractivity contribution in [1.29, 1.82) is 0 Å². The molecule has 1 aliphatic heterocycles. The predicted octanol–water partition coefficient (Wildman–Crippen LogP) is 6.49. The van der Waals surface area contributed by atoms with Gasteiger partial charge in [0.2, 0.25) is 17.7 Å². The fraction of sp³-hybridized carbons (Fsp3) is 0.319. The summed E-state index contributed by atoms with van der Waals surface area (Å²) in [5.74, 6) is -1.79. The molecule has 3 N–H and O–H groups in total. The first-order valence-electron chi connectivity index (χ1n) is 20.8. The van der Waals surface area contributed by atoms with Crippen LogP contribution in [0.2, 0.25) is 5.02 Å². The highest BCUT2D eigenvalue weighted by molar-refractivity contribution is 6.33. The van der Waals surface area contributed by atoms with E-state index in [1.807, 2.05) is 0 Å². The number of nitrogens with zero attached hydrogens (tertiary/aromatic N) is 1. The number of rotatable bonds is 22.